The molecule has 4 rings (SSSR count). The molecule has 2 N–H and O–H groups in total. The molecular formula is C19H27N3O3. The van der Waals surface area contributed by atoms with E-state index >= 15 is 0 Å². The third-order valence-electron chi connectivity index (χ3n) is 5.63. The van der Waals surface area contributed by atoms with Gasteiger partial charge in [-0.1, -0.05) is 0 Å². The summed E-state index contributed by atoms with van der Waals surface area (Å²) in [4.78, 5) is 7.08. The number of rotatable bonds is 6. The first kappa shape index (κ1) is 16.7. The van der Waals surface area contributed by atoms with Crippen LogP contribution in [0.25, 0.3) is 0 Å². The lowest BCUT2D eigenvalue weighted by molar-refractivity contribution is 0.188. The van der Waals surface area contributed by atoms with Crippen molar-refractivity contribution >= 4 is 11.5 Å². The fourth-order valence-electron chi connectivity index (χ4n) is 4.13. The Kier molecular flexibility index (Phi) is 4.56. The smallest absolute Gasteiger partial charge is 0.163 e. The van der Waals surface area contributed by atoms with Crippen LogP contribution in [0, 0.1) is 0 Å². The van der Waals surface area contributed by atoms with Crippen molar-refractivity contribution in [2.24, 2.45) is 10.7 Å². The molecule has 2 fully saturated rings. The first-order valence-corrected chi connectivity index (χ1v) is 9.23. The van der Waals surface area contributed by atoms with Crippen LogP contribution in [0.2, 0.25) is 0 Å². The van der Waals surface area contributed by atoms with Crippen molar-refractivity contribution in [3.63, 3.8) is 0 Å². The van der Waals surface area contributed by atoms with Crippen molar-refractivity contribution in [2.75, 3.05) is 46.6 Å². The van der Waals surface area contributed by atoms with Crippen LogP contribution in [0.4, 0.5) is 5.69 Å². The maximum atomic E-state index is 6.24. The van der Waals surface area contributed by atoms with E-state index in [-0.39, 0.29) is 5.41 Å². The first-order valence-electron chi connectivity index (χ1n) is 9.23. The maximum absolute atomic E-state index is 6.24. The van der Waals surface area contributed by atoms with Gasteiger partial charge in [-0.2, -0.15) is 0 Å². The van der Waals surface area contributed by atoms with Gasteiger partial charge >= 0.3 is 0 Å². The SMILES string of the molecule is COc1cc2c(cc1OCCCN1CCCC1)N=C(N)C21CCOC1. The van der Waals surface area contributed by atoms with Gasteiger partial charge in [-0.15, -0.1) is 0 Å². The molecule has 1 spiro atoms. The number of aliphatic imine (C=N–C) groups is 1. The van der Waals surface area contributed by atoms with E-state index in [4.69, 9.17) is 19.9 Å². The lowest BCUT2D eigenvalue weighted by Crippen LogP contribution is -2.39. The molecule has 3 aliphatic heterocycles. The quantitative estimate of drug-likeness (QED) is 0.801. The molecule has 1 atom stereocenters. The number of likely N-dealkylation sites (tertiary alicyclic amines) is 1. The number of nitrogens with two attached hydrogens (primary N) is 1. The topological polar surface area (TPSA) is 69.3 Å². The standard InChI is InChI=1S/C19H27N3O3/c1-23-16-11-14-15(21-18(20)19(14)5-10-24-13-19)12-17(16)25-9-4-8-22-6-2-3-7-22/h11-12H,2-10,13H2,1H3,(H2,20,21). The zero-order chi connectivity index (χ0) is 17.3. The van der Waals surface area contributed by atoms with Gasteiger partial charge in [0.1, 0.15) is 5.84 Å². The third-order valence-corrected chi connectivity index (χ3v) is 5.63. The molecule has 1 unspecified atom stereocenters. The van der Waals surface area contributed by atoms with Crippen molar-refractivity contribution in [2.45, 2.75) is 31.1 Å². The number of hydrogen-bond acceptors (Lipinski definition) is 6. The van der Waals surface area contributed by atoms with E-state index in [1.54, 1.807) is 7.11 Å². The van der Waals surface area contributed by atoms with Crippen LogP contribution in [0.5, 0.6) is 11.5 Å². The second-order valence-electron chi connectivity index (χ2n) is 7.15. The minimum absolute atomic E-state index is 0.281. The normalized spacial score (nSPS) is 25.4. The van der Waals surface area contributed by atoms with E-state index in [9.17, 15) is 0 Å². The Balaban J connectivity index is 1.47. The Hall–Kier alpha value is -1.79. The average molecular weight is 345 g/mol. The first-order chi connectivity index (χ1) is 12.2. The summed E-state index contributed by atoms with van der Waals surface area (Å²) < 4.78 is 17.2. The van der Waals surface area contributed by atoms with E-state index in [2.05, 4.69) is 9.89 Å². The Bertz CT molecular complexity index is 662. The second kappa shape index (κ2) is 6.84. The molecule has 0 amide bonds. The van der Waals surface area contributed by atoms with Crippen LogP contribution in [0.15, 0.2) is 17.1 Å². The van der Waals surface area contributed by atoms with Crippen molar-refractivity contribution in [3.05, 3.63) is 17.7 Å². The van der Waals surface area contributed by atoms with Gasteiger partial charge in [-0.3, -0.25) is 0 Å². The van der Waals surface area contributed by atoms with Crippen LogP contribution in [0.3, 0.4) is 0 Å². The van der Waals surface area contributed by atoms with Gasteiger partial charge in [-0.05, 0) is 50.4 Å². The predicted octanol–water partition coefficient (Wildman–Crippen LogP) is 2.22. The lowest BCUT2D eigenvalue weighted by atomic mass is 9.80. The molecule has 0 saturated carbocycles. The van der Waals surface area contributed by atoms with E-state index < -0.39 is 0 Å². The van der Waals surface area contributed by atoms with E-state index in [1.165, 1.54) is 25.9 Å². The molecule has 3 heterocycles. The van der Waals surface area contributed by atoms with Gasteiger partial charge in [-0.25, -0.2) is 4.99 Å². The molecule has 2 saturated heterocycles. The zero-order valence-corrected chi connectivity index (χ0v) is 14.9. The number of benzene rings is 1. The predicted molar refractivity (Wildman–Crippen MR) is 97.2 cm³/mol. The molecule has 1 aromatic carbocycles. The lowest BCUT2D eigenvalue weighted by Gasteiger charge is -2.23. The molecule has 25 heavy (non-hydrogen) atoms. The highest BCUT2D eigenvalue weighted by Crippen LogP contribution is 2.48. The summed E-state index contributed by atoms with van der Waals surface area (Å²) >= 11 is 0. The molecule has 0 aromatic heterocycles. The van der Waals surface area contributed by atoms with Gasteiger partial charge < -0.3 is 24.8 Å². The van der Waals surface area contributed by atoms with Crippen molar-refractivity contribution in [3.8, 4) is 11.5 Å². The van der Waals surface area contributed by atoms with Crippen LogP contribution >= 0.6 is 0 Å². The zero-order valence-electron chi connectivity index (χ0n) is 14.9. The number of hydrogen-bond donors (Lipinski definition) is 1. The Morgan fingerprint density at radius 3 is 2.84 bits per heavy atom. The fourth-order valence-corrected chi connectivity index (χ4v) is 4.13. The minimum Gasteiger partial charge on any atom is -0.493 e. The summed E-state index contributed by atoms with van der Waals surface area (Å²) in [7, 11) is 1.68. The maximum Gasteiger partial charge on any atom is 0.163 e. The molecule has 136 valence electrons. The van der Waals surface area contributed by atoms with E-state index in [1.807, 2.05) is 12.1 Å². The van der Waals surface area contributed by atoms with Crippen molar-refractivity contribution in [1.82, 2.24) is 4.90 Å². The second-order valence-corrected chi connectivity index (χ2v) is 7.15. The summed E-state index contributed by atoms with van der Waals surface area (Å²) in [6, 6.07) is 3.99. The largest absolute Gasteiger partial charge is 0.493 e. The summed E-state index contributed by atoms with van der Waals surface area (Å²) in [5.74, 6) is 2.14. The average Bonchev–Trinajstić information content (AvgIpc) is 3.35. The highest BCUT2D eigenvalue weighted by molar-refractivity contribution is 6.00. The van der Waals surface area contributed by atoms with Gasteiger partial charge in [0.15, 0.2) is 11.5 Å². The highest BCUT2D eigenvalue weighted by Gasteiger charge is 2.46. The number of nitrogens with zero attached hydrogens (tertiary/aromatic N) is 2. The molecule has 0 radical (unpaired) electrons. The van der Waals surface area contributed by atoms with Crippen molar-refractivity contribution < 1.29 is 14.2 Å². The number of fused-ring (bicyclic) bond motifs is 2. The number of methoxy groups -OCH3 is 1. The molecule has 6 nitrogen and oxygen atoms in total. The molecular weight excluding hydrogens is 318 g/mol. The summed E-state index contributed by atoms with van der Waals surface area (Å²) in [5.41, 5.74) is 7.95. The Morgan fingerprint density at radius 2 is 2.12 bits per heavy atom. The van der Waals surface area contributed by atoms with Crippen molar-refractivity contribution in [1.29, 1.82) is 0 Å². The molecule has 0 bridgehead atoms. The van der Waals surface area contributed by atoms with Crippen LogP contribution in [-0.2, 0) is 10.2 Å². The Morgan fingerprint density at radius 1 is 1.28 bits per heavy atom. The van der Waals surface area contributed by atoms with E-state index in [0.717, 1.165) is 42.1 Å². The number of ether oxygens (including phenoxy) is 3. The molecule has 6 heteroatoms. The van der Waals surface area contributed by atoms with Gasteiger partial charge in [0, 0.05) is 19.2 Å². The van der Waals surface area contributed by atoms with Crippen LogP contribution in [-0.4, -0.2) is 57.3 Å². The van der Waals surface area contributed by atoms with Crippen LogP contribution < -0.4 is 15.2 Å². The summed E-state index contributed by atoms with van der Waals surface area (Å²) in [6.45, 7) is 5.53. The van der Waals surface area contributed by atoms with Gasteiger partial charge in [0.2, 0.25) is 0 Å². The summed E-state index contributed by atoms with van der Waals surface area (Å²) in [5, 5.41) is 0. The van der Waals surface area contributed by atoms with Crippen LogP contribution in [0.1, 0.15) is 31.2 Å². The monoisotopic (exact) mass is 345 g/mol. The third kappa shape index (κ3) is 2.98. The number of amidine groups is 1. The fraction of sp³-hybridized carbons (Fsp3) is 0.632. The highest BCUT2D eigenvalue weighted by atomic mass is 16.5. The molecule has 1 aromatic rings. The molecule has 0 aliphatic carbocycles. The molecule has 3 aliphatic rings. The van der Waals surface area contributed by atoms with E-state index in [0.29, 0.717) is 25.7 Å². The summed E-state index contributed by atoms with van der Waals surface area (Å²) in [6.07, 6.45) is 4.53. The van der Waals surface area contributed by atoms with Gasteiger partial charge in [0.25, 0.3) is 0 Å². The Labute approximate surface area is 148 Å². The minimum atomic E-state index is -0.281. The van der Waals surface area contributed by atoms with Gasteiger partial charge in [0.05, 0.1) is 31.4 Å².